The standard InChI is InChI=1S/C26H40N2O/c1-26-14-13-20-21(11-9-18-16-24(27)25(29-4)17-22(18)20)23(26)12-10-19(26)8-6-5-7-15-28(2)3/h8,16-17,20-21,23H,5-7,9-15,27H2,1-4H3/b19-8+. The van der Waals surface area contributed by atoms with Gasteiger partial charge < -0.3 is 15.4 Å². The first-order valence-corrected chi connectivity index (χ1v) is 11.7. The van der Waals surface area contributed by atoms with E-state index in [2.05, 4.69) is 44.1 Å². The SMILES string of the molecule is COc1cc2c(cc1N)CCC1C2CCC2(C)/C(=C/CCCCN(C)C)CCC12. The minimum absolute atomic E-state index is 0.443. The van der Waals surface area contributed by atoms with Crippen molar-refractivity contribution in [3.8, 4) is 5.75 Å². The van der Waals surface area contributed by atoms with Gasteiger partial charge in [0.2, 0.25) is 0 Å². The van der Waals surface area contributed by atoms with Crippen LogP contribution < -0.4 is 10.5 Å². The zero-order valence-corrected chi connectivity index (χ0v) is 19.0. The van der Waals surface area contributed by atoms with Gasteiger partial charge in [-0.25, -0.2) is 0 Å². The molecular weight excluding hydrogens is 356 g/mol. The van der Waals surface area contributed by atoms with Crippen molar-refractivity contribution in [3.63, 3.8) is 0 Å². The van der Waals surface area contributed by atoms with Crippen molar-refractivity contribution in [2.24, 2.45) is 17.3 Å². The average molecular weight is 397 g/mol. The molecule has 3 heteroatoms. The summed E-state index contributed by atoms with van der Waals surface area (Å²) in [5.41, 5.74) is 12.2. The number of methoxy groups -OCH3 is 1. The van der Waals surface area contributed by atoms with Gasteiger partial charge in [-0.05, 0) is 125 Å². The van der Waals surface area contributed by atoms with E-state index in [9.17, 15) is 0 Å². The Morgan fingerprint density at radius 2 is 2.00 bits per heavy atom. The molecule has 0 aliphatic heterocycles. The van der Waals surface area contributed by atoms with Crippen LogP contribution in [0.1, 0.15) is 75.3 Å². The van der Waals surface area contributed by atoms with Gasteiger partial charge in [0.05, 0.1) is 12.8 Å². The van der Waals surface area contributed by atoms with Crippen LogP contribution in [0.25, 0.3) is 0 Å². The van der Waals surface area contributed by atoms with E-state index in [0.29, 0.717) is 11.3 Å². The Labute approximate surface area is 177 Å². The Hall–Kier alpha value is -1.48. The molecule has 3 aliphatic rings. The van der Waals surface area contributed by atoms with E-state index in [-0.39, 0.29) is 0 Å². The Morgan fingerprint density at radius 3 is 2.76 bits per heavy atom. The van der Waals surface area contributed by atoms with Crippen molar-refractivity contribution in [2.45, 2.75) is 70.6 Å². The number of ether oxygens (including phenoxy) is 1. The second-order valence-corrected chi connectivity index (χ2v) is 10.2. The van der Waals surface area contributed by atoms with Crippen LogP contribution in [-0.2, 0) is 6.42 Å². The van der Waals surface area contributed by atoms with E-state index in [4.69, 9.17) is 10.5 Å². The van der Waals surface area contributed by atoms with Crippen LogP contribution in [0, 0.1) is 17.3 Å². The fourth-order valence-corrected chi connectivity index (χ4v) is 6.83. The third-order valence-electron chi connectivity index (χ3n) is 8.37. The lowest BCUT2D eigenvalue weighted by molar-refractivity contribution is 0.0812. The third-order valence-corrected chi connectivity index (χ3v) is 8.37. The van der Waals surface area contributed by atoms with Crippen LogP contribution in [0.2, 0.25) is 0 Å². The molecule has 0 bridgehead atoms. The zero-order chi connectivity index (χ0) is 20.6. The predicted octanol–water partition coefficient (Wildman–Crippen LogP) is 5.79. The summed E-state index contributed by atoms with van der Waals surface area (Å²) in [6.45, 7) is 3.80. The summed E-state index contributed by atoms with van der Waals surface area (Å²) in [7, 11) is 6.08. The van der Waals surface area contributed by atoms with E-state index in [1.807, 2.05) is 0 Å². The summed E-state index contributed by atoms with van der Waals surface area (Å²) in [5, 5.41) is 0. The van der Waals surface area contributed by atoms with Crippen LogP contribution >= 0.6 is 0 Å². The first kappa shape index (κ1) is 20.8. The number of hydrogen-bond donors (Lipinski definition) is 1. The number of unbranched alkanes of at least 4 members (excludes halogenated alkanes) is 2. The normalized spacial score (nSPS) is 32.2. The van der Waals surface area contributed by atoms with Crippen LogP contribution in [-0.4, -0.2) is 32.6 Å². The molecule has 0 heterocycles. The number of rotatable bonds is 6. The van der Waals surface area contributed by atoms with Gasteiger partial charge in [0.1, 0.15) is 5.75 Å². The van der Waals surface area contributed by atoms with Crippen molar-refractivity contribution in [1.82, 2.24) is 4.90 Å². The molecule has 29 heavy (non-hydrogen) atoms. The van der Waals surface area contributed by atoms with Crippen molar-refractivity contribution < 1.29 is 4.74 Å². The topological polar surface area (TPSA) is 38.5 Å². The summed E-state index contributed by atoms with van der Waals surface area (Å²) in [4.78, 5) is 2.30. The van der Waals surface area contributed by atoms with Gasteiger partial charge in [0.15, 0.2) is 0 Å². The fraction of sp³-hybridized carbons (Fsp3) is 0.692. The molecule has 4 rings (SSSR count). The molecule has 0 spiro atoms. The average Bonchev–Trinajstić information content (AvgIpc) is 3.03. The van der Waals surface area contributed by atoms with Crippen LogP contribution in [0.4, 0.5) is 5.69 Å². The second-order valence-electron chi connectivity index (χ2n) is 10.2. The lowest BCUT2D eigenvalue weighted by Crippen LogP contribution is -2.40. The molecule has 4 atom stereocenters. The van der Waals surface area contributed by atoms with Gasteiger partial charge in [0, 0.05) is 0 Å². The molecule has 3 nitrogen and oxygen atoms in total. The largest absolute Gasteiger partial charge is 0.495 e. The van der Waals surface area contributed by atoms with E-state index in [1.165, 1.54) is 75.5 Å². The molecule has 3 aliphatic carbocycles. The van der Waals surface area contributed by atoms with E-state index in [1.54, 1.807) is 12.7 Å². The van der Waals surface area contributed by atoms with Gasteiger partial charge >= 0.3 is 0 Å². The summed E-state index contributed by atoms with van der Waals surface area (Å²) >= 11 is 0. The Kier molecular flexibility index (Phi) is 5.97. The minimum atomic E-state index is 0.443. The number of benzene rings is 1. The number of allylic oxidation sites excluding steroid dienone is 2. The van der Waals surface area contributed by atoms with Crippen molar-refractivity contribution >= 4 is 5.69 Å². The first-order valence-electron chi connectivity index (χ1n) is 11.7. The van der Waals surface area contributed by atoms with E-state index < -0.39 is 0 Å². The Morgan fingerprint density at radius 1 is 1.17 bits per heavy atom. The van der Waals surface area contributed by atoms with Gasteiger partial charge in [-0.1, -0.05) is 18.6 Å². The summed E-state index contributed by atoms with van der Waals surface area (Å²) in [5.74, 6) is 3.24. The van der Waals surface area contributed by atoms with Crippen molar-refractivity contribution in [1.29, 1.82) is 0 Å². The Bertz CT molecular complexity index is 768. The first-order chi connectivity index (χ1) is 13.9. The Balaban J connectivity index is 1.49. The highest BCUT2D eigenvalue weighted by Gasteiger charge is 2.52. The van der Waals surface area contributed by atoms with Gasteiger partial charge in [-0.3, -0.25) is 0 Å². The molecule has 160 valence electrons. The summed E-state index contributed by atoms with van der Waals surface area (Å²) < 4.78 is 5.56. The zero-order valence-electron chi connectivity index (χ0n) is 19.0. The smallest absolute Gasteiger partial charge is 0.142 e. The molecule has 0 amide bonds. The number of nitrogens with zero attached hydrogens (tertiary/aromatic N) is 1. The monoisotopic (exact) mass is 396 g/mol. The molecule has 2 saturated carbocycles. The maximum Gasteiger partial charge on any atom is 0.142 e. The number of nitrogen functional groups attached to an aromatic ring is 1. The van der Waals surface area contributed by atoms with Crippen molar-refractivity contribution in [2.75, 3.05) is 33.5 Å². The molecule has 2 fully saturated rings. The summed E-state index contributed by atoms with van der Waals surface area (Å²) in [6.07, 6.45) is 14.4. The summed E-state index contributed by atoms with van der Waals surface area (Å²) in [6, 6.07) is 4.45. The fourth-order valence-electron chi connectivity index (χ4n) is 6.83. The maximum absolute atomic E-state index is 6.20. The van der Waals surface area contributed by atoms with Crippen LogP contribution in [0.3, 0.4) is 0 Å². The van der Waals surface area contributed by atoms with Crippen molar-refractivity contribution in [3.05, 3.63) is 34.9 Å². The van der Waals surface area contributed by atoms with Gasteiger partial charge in [-0.15, -0.1) is 0 Å². The number of aryl methyl sites for hydroxylation is 1. The number of hydrogen-bond acceptors (Lipinski definition) is 3. The molecule has 1 aromatic rings. The molecule has 4 unspecified atom stereocenters. The number of fused-ring (bicyclic) bond motifs is 5. The van der Waals surface area contributed by atoms with Crippen LogP contribution in [0.5, 0.6) is 5.75 Å². The molecule has 1 aromatic carbocycles. The van der Waals surface area contributed by atoms with Gasteiger partial charge in [-0.2, -0.15) is 0 Å². The number of nitrogens with two attached hydrogens (primary N) is 1. The molecule has 0 aromatic heterocycles. The molecular formula is C26H40N2O. The second kappa shape index (κ2) is 8.34. The highest BCUT2D eigenvalue weighted by molar-refractivity contribution is 5.58. The number of anilines is 1. The maximum atomic E-state index is 6.20. The van der Waals surface area contributed by atoms with Crippen LogP contribution in [0.15, 0.2) is 23.8 Å². The highest BCUT2D eigenvalue weighted by Crippen LogP contribution is 2.63. The lowest BCUT2D eigenvalue weighted by atomic mass is 9.55. The molecule has 0 radical (unpaired) electrons. The highest BCUT2D eigenvalue weighted by atomic mass is 16.5. The lowest BCUT2D eigenvalue weighted by Gasteiger charge is -2.49. The quantitative estimate of drug-likeness (QED) is 0.376. The third kappa shape index (κ3) is 3.83. The molecule has 2 N–H and O–H groups in total. The molecule has 0 saturated heterocycles. The van der Waals surface area contributed by atoms with E-state index >= 15 is 0 Å². The minimum Gasteiger partial charge on any atom is -0.495 e. The van der Waals surface area contributed by atoms with E-state index in [0.717, 1.165) is 23.3 Å². The predicted molar refractivity (Wildman–Crippen MR) is 123 cm³/mol. The van der Waals surface area contributed by atoms with Gasteiger partial charge in [0.25, 0.3) is 0 Å².